The lowest BCUT2D eigenvalue weighted by Gasteiger charge is -2.22. The van der Waals surface area contributed by atoms with Gasteiger partial charge >= 0.3 is 0 Å². The summed E-state index contributed by atoms with van der Waals surface area (Å²) in [6, 6.07) is 0.477. The zero-order valence-electron chi connectivity index (χ0n) is 9.21. The number of nitrogens with one attached hydrogen (secondary N) is 2. The van der Waals surface area contributed by atoms with Gasteiger partial charge in [-0.3, -0.25) is 4.79 Å². The molecule has 80 valence electrons. The van der Waals surface area contributed by atoms with Gasteiger partial charge in [-0.15, -0.1) is 0 Å². The molecule has 3 heteroatoms. The van der Waals surface area contributed by atoms with Gasteiger partial charge in [0.1, 0.15) is 0 Å². The highest BCUT2D eigenvalue weighted by Gasteiger charge is 2.24. The van der Waals surface area contributed by atoms with Gasteiger partial charge in [-0.25, -0.2) is 0 Å². The van der Waals surface area contributed by atoms with Crippen LogP contribution in [-0.2, 0) is 4.79 Å². The number of carbonyl (C=O) groups excluding carboxylic acids is 1. The van der Waals surface area contributed by atoms with Crippen molar-refractivity contribution in [3.05, 3.63) is 12.2 Å². The summed E-state index contributed by atoms with van der Waals surface area (Å²) in [4.78, 5) is 11.8. The molecule has 14 heavy (non-hydrogen) atoms. The molecule has 1 rings (SSSR count). The van der Waals surface area contributed by atoms with E-state index in [1.165, 1.54) is 0 Å². The smallest absolute Gasteiger partial charge is 0.225 e. The summed E-state index contributed by atoms with van der Waals surface area (Å²) in [6.07, 6.45) is 5.01. The third-order valence-electron chi connectivity index (χ3n) is 2.49. The molecule has 0 saturated heterocycles. The van der Waals surface area contributed by atoms with E-state index < -0.39 is 0 Å². The van der Waals surface area contributed by atoms with E-state index in [9.17, 15) is 4.79 Å². The van der Waals surface area contributed by atoms with Gasteiger partial charge in [-0.05, 0) is 27.2 Å². The van der Waals surface area contributed by atoms with E-state index in [1.807, 2.05) is 13.8 Å². The van der Waals surface area contributed by atoms with Crippen LogP contribution < -0.4 is 10.6 Å². The number of carbonyl (C=O) groups is 1. The summed E-state index contributed by atoms with van der Waals surface area (Å²) in [5, 5.41) is 6.26. The topological polar surface area (TPSA) is 41.1 Å². The maximum absolute atomic E-state index is 11.8. The quantitative estimate of drug-likeness (QED) is 0.649. The highest BCUT2D eigenvalue weighted by atomic mass is 16.2. The van der Waals surface area contributed by atoms with E-state index in [0.29, 0.717) is 0 Å². The Morgan fingerprint density at radius 1 is 1.50 bits per heavy atom. The van der Waals surface area contributed by atoms with E-state index in [0.717, 1.165) is 13.0 Å². The third-order valence-corrected chi connectivity index (χ3v) is 2.49. The average Bonchev–Trinajstić information content (AvgIpc) is 2.28. The van der Waals surface area contributed by atoms with Crippen LogP contribution in [0.15, 0.2) is 12.2 Å². The number of allylic oxidation sites excluding steroid dienone is 1. The van der Waals surface area contributed by atoms with Gasteiger partial charge in [0.15, 0.2) is 0 Å². The molecule has 1 aliphatic rings. The largest absolute Gasteiger partial charge is 0.354 e. The van der Waals surface area contributed by atoms with Crippen LogP contribution in [-0.4, -0.2) is 24.5 Å². The molecule has 0 fully saturated rings. The molecule has 0 aromatic rings. The van der Waals surface area contributed by atoms with Gasteiger partial charge in [0.2, 0.25) is 5.91 Å². The second-order valence-corrected chi connectivity index (χ2v) is 4.17. The van der Waals surface area contributed by atoms with Gasteiger partial charge in [-0.2, -0.15) is 0 Å². The standard InChI is InChI=1S/C11H20N2O/c1-8(2)13-11(14)10-6-4-5-7-12-9(10)3/h4-5,8-10,12H,6-7H2,1-3H3,(H,13,14). The minimum atomic E-state index is 0.0659. The Hall–Kier alpha value is -0.830. The number of hydrogen-bond acceptors (Lipinski definition) is 2. The molecular formula is C11H20N2O. The van der Waals surface area contributed by atoms with E-state index in [2.05, 4.69) is 29.7 Å². The van der Waals surface area contributed by atoms with E-state index in [4.69, 9.17) is 0 Å². The van der Waals surface area contributed by atoms with Crippen LogP contribution in [0.2, 0.25) is 0 Å². The summed E-state index contributed by atoms with van der Waals surface area (Å²) in [5.41, 5.74) is 0. The van der Waals surface area contributed by atoms with Crippen LogP contribution >= 0.6 is 0 Å². The third kappa shape index (κ3) is 3.14. The lowest BCUT2D eigenvalue weighted by atomic mass is 9.97. The first-order valence-electron chi connectivity index (χ1n) is 5.30. The zero-order valence-corrected chi connectivity index (χ0v) is 9.21. The van der Waals surface area contributed by atoms with Crippen LogP contribution in [0, 0.1) is 5.92 Å². The predicted molar refractivity (Wildman–Crippen MR) is 58.0 cm³/mol. The molecule has 0 bridgehead atoms. The van der Waals surface area contributed by atoms with Crippen LogP contribution in [0.25, 0.3) is 0 Å². The van der Waals surface area contributed by atoms with Crippen molar-refractivity contribution in [2.75, 3.05) is 6.54 Å². The first kappa shape index (κ1) is 11.2. The van der Waals surface area contributed by atoms with Crippen LogP contribution in [0.3, 0.4) is 0 Å². The zero-order chi connectivity index (χ0) is 10.6. The van der Waals surface area contributed by atoms with Crippen LogP contribution in [0.5, 0.6) is 0 Å². The molecule has 0 aliphatic carbocycles. The van der Waals surface area contributed by atoms with Gasteiger partial charge in [0.05, 0.1) is 5.92 Å². The van der Waals surface area contributed by atoms with Crippen molar-refractivity contribution in [1.82, 2.24) is 10.6 Å². The summed E-state index contributed by atoms with van der Waals surface area (Å²) in [5.74, 6) is 0.225. The molecule has 0 radical (unpaired) electrons. The van der Waals surface area contributed by atoms with Crippen molar-refractivity contribution in [3.8, 4) is 0 Å². The predicted octanol–water partition coefficient (Wildman–Crippen LogP) is 1.07. The lowest BCUT2D eigenvalue weighted by molar-refractivity contribution is -0.126. The molecule has 0 spiro atoms. The second-order valence-electron chi connectivity index (χ2n) is 4.17. The van der Waals surface area contributed by atoms with Crippen molar-refractivity contribution < 1.29 is 4.79 Å². The van der Waals surface area contributed by atoms with Crippen molar-refractivity contribution >= 4 is 5.91 Å². The Morgan fingerprint density at radius 3 is 2.86 bits per heavy atom. The van der Waals surface area contributed by atoms with Crippen LogP contribution in [0.4, 0.5) is 0 Å². The minimum Gasteiger partial charge on any atom is -0.354 e. The molecular weight excluding hydrogens is 176 g/mol. The highest BCUT2D eigenvalue weighted by Crippen LogP contribution is 2.12. The fraction of sp³-hybridized carbons (Fsp3) is 0.727. The van der Waals surface area contributed by atoms with Gasteiger partial charge in [0.25, 0.3) is 0 Å². The summed E-state index contributed by atoms with van der Waals surface area (Å²) < 4.78 is 0. The highest BCUT2D eigenvalue weighted by molar-refractivity contribution is 5.79. The molecule has 0 aromatic heterocycles. The fourth-order valence-electron chi connectivity index (χ4n) is 1.65. The summed E-state index contributed by atoms with van der Waals surface area (Å²) >= 11 is 0. The van der Waals surface area contributed by atoms with Gasteiger partial charge in [0, 0.05) is 18.6 Å². The van der Waals surface area contributed by atoms with Crippen molar-refractivity contribution in [3.63, 3.8) is 0 Å². The SMILES string of the molecule is CC(C)NC(=O)C1CC=CCNC1C. The molecule has 2 unspecified atom stereocenters. The Kier molecular flexibility index (Phi) is 4.14. The molecule has 2 atom stereocenters. The second kappa shape index (κ2) is 5.15. The maximum atomic E-state index is 11.8. The molecule has 1 aliphatic heterocycles. The Labute approximate surface area is 86.0 Å². The monoisotopic (exact) mass is 196 g/mol. The Balaban J connectivity index is 2.55. The summed E-state index contributed by atoms with van der Waals surface area (Å²) in [7, 11) is 0. The van der Waals surface area contributed by atoms with Crippen molar-refractivity contribution in [1.29, 1.82) is 0 Å². The van der Waals surface area contributed by atoms with Crippen LogP contribution in [0.1, 0.15) is 27.2 Å². The summed E-state index contributed by atoms with van der Waals surface area (Å²) in [6.45, 7) is 6.91. The van der Waals surface area contributed by atoms with E-state index >= 15 is 0 Å². The average molecular weight is 196 g/mol. The lowest BCUT2D eigenvalue weighted by Crippen LogP contribution is -2.44. The van der Waals surface area contributed by atoms with E-state index in [1.54, 1.807) is 0 Å². The first-order valence-corrected chi connectivity index (χ1v) is 5.30. The number of rotatable bonds is 2. The Morgan fingerprint density at radius 2 is 2.21 bits per heavy atom. The van der Waals surface area contributed by atoms with Gasteiger partial charge in [-0.1, -0.05) is 12.2 Å². The van der Waals surface area contributed by atoms with Crippen molar-refractivity contribution in [2.45, 2.75) is 39.3 Å². The normalized spacial score (nSPS) is 27.4. The molecule has 0 aromatic carbocycles. The fourth-order valence-corrected chi connectivity index (χ4v) is 1.65. The van der Waals surface area contributed by atoms with Crippen molar-refractivity contribution in [2.24, 2.45) is 5.92 Å². The molecule has 2 N–H and O–H groups in total. The minimum absolute atomic E-state index is 0.0659. The molecule has 0 saturated carbocycles. The first-order chi connectivity index (χ1) is 6.61. The number of hydrogen-bond donors (Lipinski definition) is 2. The Bertz CT molecular complexity index is 223. The maximum Gasteiger partial charge on any atom is 0.225 e. The van der Waals surface area contributed by atoms with Gasteiger partial charge < -0.3 is 10.6 Å². The molecule has 1 amide bonds. The number of amides is 1. The molecule has 3 nitrogen and oxygen atoms in total. The molecule has 1 heterocycles. The van der Waals surface area contributed by atoms with E-state index in [-0.39, 0.29) is 23.9 Å².